The number of anilines is 1. The molecule has 1 atom stereocenters. The van der Waals surface area contributed by atoms with Crippen molar-refractivity contribution >= 4 is 27.6 Å². The lowest BCUT2D eigenvalue weighted by Gasteiger charge is -2.25. The number of rotatable bonds is 10. The number of amides is 1. The highest BCUT2D eigenvalue weighted by atomic mass is 32.2. The van der Waals surface area contributed by atoms with Crippen LogP contribution in [0.5, 0.6) is 0 Å². The largest absolute Gasteiger partial charge is 0.449 e. The molecule has 0 aliphatic carbocycles. The number of hydrogen-bond acceptors (Lipinski definition) is 6. The Morgan fingerprint density at radius 1 is 1.00 bits per heavy atom. The van der Waals surface area contributed by atoms with E-state index in [1.54, 1.807) is 42.5 Å². The Balaban J connectivity index is 1.70. The molecule has 1 N–H and O–H groups in total. The van der Waals surface area contributed by atoms with E-state index < -0.39 is 28.0 Å². The Hall–Kier alpha value is -4.00. The van der Waals surface area contributed by atoms with Gasteiger partial charge in [0.2, 0.25) is 10.0 Å². The summed E-state index contributed by atoms with van der Waals surface area (Å²) < 4.78 is 33.3. The zero-order valence-corrected chi connectivity index (χ0v) is 19.9. The van der Waals surface area contributed by atoms with Crippen LogP contribution in [0.2, 0.25) is 0 Å². The maximum Gasteiger partial charge on any atom is 0.338 e. The van der Waals surface area contributed by atoms with Crippen LogP contribution in [0.25, 0.3) is 0 Å². The summed E-state index contributed by atoms with van der Waals surface area (Å²) in [5.74, 6) is -1.33. The van der Waals surface area contributed by atoms with E-state index in [0.717, 1.165) is 5.56 Å². The monoisotopic (exact) mass is 491 g/mol. The van der Waals surface area contributed by atoms with Gasteiger partial charge in [-0.15, -0.1) is 0 Å². The first kappa shape index (κ1) is 25.6. The Labute approximate surface area is 204 Å². The molecule has 0 saturated carbocycles. The topological polar surface area (TPSA) is 117 Å². The molecule has 0 bridgehead atoms. The van der Waals surface area contributed by atoms with Gasteiger partial charge in [0.05, 0.1) is 22.9 Å². The van der Waals surface area contributed by atoms with Crippen molar-refractivity contribution in [2.45, 2.75) is 30.9 Å². The molecule has 3 aromatic carbocycles. The van der Waals surface area contributed by atoms with E-state index >= 15 is 0 Å². The number of esters is 1. The van der Waals surface area contributed by atoms with Gasteiger partial charge in [0.25, 0.3) is 5.91 Å². The van der Waals surface area contributed by atoms with Crippen LogP contribution in [-0.4, -0.2) is 32.9 Å². The summed E-state index contributed by atoms with van der Waals surface area (Å²) in [6, 6.07) is 25.2. The molecule has 1 unspecified atom stereocenters. The van der Waals surface area contributed by atoms with E-state index in [9.17, 15) is 18.0 Å². The average Bonchev–Trinajstić information content (AvgIpc) is 2.89. The minimum absolute atomic E-state index is 0.00415. The molecule has 0 fully saturated rings. The number of nitrogens with one attached hydrogen (secondary N) is 1. The van der Waals surface area contributed by atoms with Gasteiger partial charge >= 0.3 is 5.97 Å². The van der Waals surface area contributed by atoms with Gasteiger partial charge in [-0.05, 0) is 42.8 Å². The molecule has 0 saturated heterocycles. The van der Waals surface area contributed by atoms with Crippen molar-refractivity contribution in [2.75, 3.05) is 11.4 Å². The molecule has 0 aromatic heterocycles. The summed E-state index contributed by atoms with van der Waals surface area (Å²) in [6.45, 7) is 1.67. The van der Waals surface area contributed by atoms with Crippen molar-refractivity contribution in [3.05, 3.63) is 96.1 Å². The van der Waals surface area contributed by atoms with Crippen molar-refractivity contribution in [2.24, 2.45) is 0 Å². The summed E-state index contributed by atoms with van der Waals surface area (Å²) >= 11 is 0. The first-order valence-electron chi connectivity index (χ1n) is 10.9. The van der Waals surface area contributed by atoms with Crippen LogP contribution in [-0.2, 0) is 26.1 Å². The lowest BCUT2D eigenvalue weighted by Crippen LogP contribution is -2.40. The summed E-state index contributed by atoms with van der Waals surface area (Å²) in [5, 5.41) is 8.94. The third-order valence-corrected chi connectivity index (χ3v) is 6.50. The maximum atomic E-state index is 13.0. The molecule has 9 heteroatoms. The molecule has 8 nitrogen and oxygen atoms in total. The minimum atomic E-state index is -3.88. The smallest absolute Gasteiger partial charge is 0.338 e. The van der Waals surface area contributed by atoms with Gasteiger partial charge in [0, 0.05) is 18.8 Å². The van der Waals surface area contributed by atoms with Crippen LogP contribution < -0.4 is 9.62 Å². The number of ether oxygens (including phenoxy) is 1. The third-order valence-electron chi connectivity index (χ3n) is 5.10. The third kappa shape index (κ3) is 6.99. The normalized spacial score (nSPS) is 11.8. The first-order valence-corrected chi connectivity index (χ1v) is 12.4. The number of benzene rings is 3. The van der Waals surface area contributed by atoms with Gasteiger partial charge < -0.3 is 9.64 Å². The molecule has 3 rings (SSSR count). The fourth-order valence-corrected chi connectivity index (χ4v) is 4.35. The molecule has 0 aliphatic heterocycles. The predicted molar refractivity (Wildman–Crippen MR) is 131 cm³/mol. The van der Waals surface area contributed by atoms with Gasteiger partial charge in [0.1, 0.15) is 0 Å². The molecule has 35 heavy (non-hydrogen) atoms. The number of hydrogen-bond donors (Lipinski definition) is 1. The standard InChI is InChI=1S/C26H25N3O5S/c1-20(25(30)29(17-9-16-27)23-13-6-3-7-14-23)34-26(31)22-12-8-15-24(18-22)35(32,33)28-19-21-10-4-2-5-11-21/h2-8,10-15,18,20,28H,9,17,19H2,1H3. The molecule has 180 valence electrons. The Morgan fingerprint density at radius 2 is 1.66 bits per heavy atom. The molecule has 0 radical (unpaired) electrons. The first-order chi connectivity index (χ1) is 16.8. The molecule has 0 spiro atoms. The second-order valence-electron chi connectivity index (χ2n) is 7.62. The van der Waals surface area contributed by atoms with Crippen LogP contribution in [0.4, 0.5) is 5.69 Å². The SMILES string of the molecule is CC(OC(=O)c1cccc(S(=O)(=O)NCc2ccccc2)c1)C(=O)N(CCC#N)c1ccccc1. The van der Waals surface area contributed by atoms with Gasteiger partial charge in [-0.3, -0.25) is 4.79 Å². The van der Waals surface area contributed by atoms with Gasteiger partial charge in [-0.1, -0.05) is 54.6 Å². The summed E-state index contributed by atoms with van der Waals surface area (Å²) in [6.07, 6.45) is -1.05. The van der Waals surface area contributed by atoms with Crippen molar-refractivity contribution in [3.8, 4) is 6.07 Å². The number of para-hydroxylation sites is 1. The van der Waals surface area contributed by atoms with E-state index in [2.05, 4.69) is 4.72 Å². The lowest BCUT2D eigenvalue weighted by molar-refractivity contribution is -0.126. The van der Waals surface area contributed by atoms with Crippen molar-refractivity contribution < 1.29 is 22.7 Å². The van der Waals surface area contributed by atoms with E-state index in [0.29, 0.717) is 5.69 Å². The van der Waals surface area contributed by atoms with Crippen molar-refractivity contribution in [3.63, 3.8) is 0 Å². The second kappa shape index (κ2) is 11.9. The van der Waals surface area contributed by atoms with Crippen LogP contribution in [0.1, 0.15) is 29.3 Å². The zero-order valence-electron chi connectivity index (χ0n) is 19.1. The van der Waals surface area contributed by atoms with Crippen LogP contribution in [0, 0.1) is 11.3 Å². The predicted octanol–water partition coefficient (Wildman–Crippen LogP) is 3.66. The molecular formula is C26H25N3O5S. The second-order valence-corrected chi connectivity index (χ2v) is 9.39. The van der Waals surface area contributed by atoms with Gasteiger partial charge in [0.15, 0.2) is 6.10 Å². The Kier molecular flexibility index (Phi) is 8.73. The minimum Gasteiger partial charge on any atom is -0.449 e. The highest BCUT2D eigenvalue weighted by Gasteiger charge is 2.26. The Bertz CT molecular complexity index is 1310. The zero-order chi connectivity index (χ0) is 25.3. The summed E-state index contributed by atoms with van der Waals surface area (Å²) in [4.78, 5) is 27.0. The lowest BCUT2D eigenvalue weighted by atomic mass is 10.2. The Morgan fingerprint density at radius 3 is 2.31 bits per heavy atom. The van der Waals surface area contributed by atoms with E-state index in [1.165, 1.54) is 36.1 Å². The summed E-state index contributed by atoms with van der Waals surface area (Å²) in [5.41, 5.74) is 1.36. The maximum absolute atomic E-state index is 13.0. The molecule has 3 aromatic rings. The van der Waals surface area contributed by atoms with E-state index in [4.69, 9.17) is 10.00 Å². The van der Waals surface area contributed by atoms with Crippen molar-refractivity contribution in [1.29, 1.82) is 5.26 Å². The van der Waals surface area contributed by atoms with Crippen molar-refractivity contribution in [1.82, 2.24) is 4.72 Å². The molecular weight excluding hydrogens is 466 g/mol. The van der Waals surface area contributed by atoms with Gasteiger partial charge in [-0.25, -0.2) is 17.9 Å². The number of sulfonamides is 1. The fraction of sp³-hybridized carbons (Fsp3) is 0.192. The molecule has 0 heterocycles. The number of nitrogens with zero attached hydrogens (tertiary/aromatic N) is 2. The number of nitriles is 1. The number of carbonyl (C=O) groups excluding carboxylic acids is 2. The fourth-order valence-electron chi connectivity index (χ4n) is 3.28. The molecule has 0 aliphatic rings. The summed E-state index contributed by atoms with van der Waals surface area (Å²) in [7, 11) is -3.88. The van der Waals surface area contributed by atoms with Gasteiger partial charge in [-0.2, -0.15) is 5.26 Å². The van der Waals surface area contributed by atoms with E-state index in [1.807, 2.05) is 24.3 Å². The average molecular weight is 492 g/mol. The van der Waals surface area contributed by atoms with Crippen LogP contribution in [0.15, 0.2) is 89.8 Å². The highest BCUT2D eigenvalue weighted by Crippen LogP contribution is 2.18. The molecule has 1 amide bonds. The van der Waals surface area contributed by atoms with Crippen LogP contribution >= 0.6 is 0 Å². The number of carbonyl (C=O) groups is 2. The quantitative estimate of drug-likeness (QED) is 0.433. The highest BCUT2D eigenvalue weighted by molar-refractivity contribution is 7.89. The van der Waals surface area contributed by atoms with Crippen LogP contribution in [0.3, 0.4) is 0 Å². The van der Waals surface area contributed by atoms with E-state index in [-0.39, 0.29) is 30.0 Å².